The predicted octanol–water partition coefficient (Wildman–Crippen LogP) is 2.95. The van der Waals surface area contributed by atoms with Crippen molar-refractivity contribution in [2.75, 3.05) is 33.8 Å². The Morgan fingerprint density at radius 1 is 0.960 bits per heavy atom. The minimum Gasteiger partial charge on any atom is -0.457 e. The number of likely N-dealkylation sites (N-methyl/N-ethyl adjacent to an activating group) is 1. The van der Waals surface area contributed by atoms with Gasteiger partial charge in [0.05, 0.1) is 20.6 Å². The second-order valence-corrected chi connectivity index (χ2v) is 6.96. The summed E-state index contributed by atoms with van der Waals surface area (Å²) in [6.45, 7) is 4.13. The molecule has 0 saturated heterocycles. The fraction of sp³-hybridized carbons (Fsp3) is 0.381. The van der Waals surface area contributed by atoms with Crippen LogP contribution in [-0.2, 0) is 15.1 Å². The molecule has 134 valence electrons. The van der Waals surface area contributed by atoms with Gasteiger partial charge in [-0.3, -0.25) is 0 Å². The van der Waals surface area contributed by atoms with Crippen LogP contribution in [0, 0.1) is 0 Å². The molecular formula is C21H28NO3+. The molecule has 0 atom stereocenters. The molecule has 0 aliphatic rings. The number of aliphatic hydroxyl groups is 1. The second-order valence-electron chi connectivity index (χ2n) is 6.96. The van der Waals surface area contributed by atoms with Crippen LogP contribution in [0.4, 0.5) is 0 Å². The molecule has 0 unspecified atom stereocenters. The molecule has 0 aliphatic heterocycles. The van der Waals surface area contributed by atoms with Gasteiger partial charge >= 0.3 is 5.97 Å². The smallest absolute Gasteiger partial charge is 0.347 e. The molecule has 25 heavy (non-hydrogen) atoms. The highest BCUT2D eigenvalue weighted by atomic mass is 16.5. The fourth-order valence-corrected chi connectivity index (χ4v) is 2.97. The van der Waals surface area contributed by atoms with Crippen molar-refractivity contribution in [3.05, 3.63) is 71.8 Å². The van der Waals surface area contributed by atoms with Crippen LogP contribution in [0.2, 0.25) is 0 Å². The Balaban J connectivity index is 2.21. The lowest BCUT2D eigenvalue weighted by Gasteiger charge is -2.31. The molecule has 0 amide bonds. The van der Waals surface area contributed by atoms with Crippen LogP contribution in [0.15, 0.2) is 60.7 Å². The maximum atomic E-state index is 12.8. The van der Waals surface area contributed by atoms with Gasteiger partial charge in [0.1, 0.15) is 13.2 Å². The van der Waals surface area contributed by atoms with E-state index in [0.29, 0.717) is 17.7 Å². The topological polar surface area (TPSA) is 46.5 Å². The number of rotatable bonds is 8. The Labute approximate surface area is 150 Å². The largest absolute Gasteiger partial charge is 0.457 e. The Kier molecular flexibility index (Phi) is 6.34. The van der Waals surface area contributed by atoms with Gasteiger partial charge in [0.2, 0.25) is 5.60 Å². The first-order valence-corrected chi connectivity index (χ1v) is 8.73. The van der Waals surface area contributed by atoms with Crippen LogP contribution in [0.1, 0.15) is 24.5 Å². The standard InChI is InChI=1S/C21H28NO3/c1-4-15-22(2,3)16-17-25-20(23)21(24,18-11-7-5-8-12-18)19-13-9-6-10-14-19/h5-14,24H,4,15-17H2,1-3H3/q+1. The van der Waals surface area contributed by atoms with Crippen LogP contribution in [0.25, 0.3) is 0 Å². The summed E-state index contributed by atoms with van der Waals surface area (Å²) in [5.41, 5.74) is -0.785. The summed E-state index contributed by atoms with van der Waals surface area (Å²) in [4.78, 5) is 12.8. The van der Waals surface area contributed by atoms with E-state index in [1.54, 1.807) is 48.5 Å². The zero-order valence-corrected chi connectivity index (χ0v) is 15.3. The first-order chi connectivity index (χ1) is 11.9. The highest BCUT2D eigenvalue weighted by Gasteiger charge is 2.41. The molecule has 2 aromatic rings. The van der Waals surface area contributed by atoms with E-state index in [1.165, 1.54) is 0 Å². The molecule has 1 N–H and O–H groups in total. The van der Waals surface area contributed by atoms with E-state index in [9.17, 15) is 9.90 Å². The van der Waals surface area contributed by atoms with E-state index in [2.05, 4.69) is 21.0 Å². The van der Waals surface area contributed by atoms with Gasteiger partial charge in [-0.15, -0.1) is 0 Å². The molecule has 4 nitrogen and oxygen atoms in total. The summed E-state index contributed by atoms with van der Waals surface area (Å²) in [7, 11) is 4.22. The van der Waals surface area contributed by atoms with Crippen molar-refractivity contribution >= 4 is 5.97 Å². The number of quaternary nitrogens is 1. The first kappa shape index (κ1) is 19.2. The Morgan fingerprint density at radius 2 is 1.44 bits per heavy atom. The molecular weight excluding hydrogens is 314 g/mol. The molecule has 2 aromatic carbocycles. The third-order valence-electron chi connectivity index (χ3n) is 4.44. The van der Waals surface area contributed by atoms with E-state index in [1.807, 2.05) is 12.1 Å². The third-order valence-corrected chi connectivity index (χ3v) is 4.44. The number of carbonyl (C=O) groups excluding carboxylic acids is 1. The Hall–Kier alpha value is -2.17. The fourth-order valence-electron chi connectivity index (χ4n) is 2.97. The number of carbonyl (C=O) groups is 1. The monoisotopic (exact) mass is 342 g/mol. The number of hydrogen-bond acceptors (Lipinski definition) is 3. The van der Waals surface area contributed by atoms with E-state index >= 15 is 0 Å². The predicted molar refractivity (Wildman–Crippen MR) is 99.0 cm³/mol. The molecule has 0 saturated carbocycles. The summed E-state index contributed by atoms with van der Waals surface area (Å²) >= 11 is 0. The van der Waals surface area contributed by atoms with Gasteiger partial charge in [-0.1, -0.05) is 67.6 Å². The van der Waals surface area contributed by atoms with Gasteiger partial charge in [0, 0.05) is 0 Å². The zero-order valence-electron chi connectivity index (χ0n) is 15.3. The van der Waals surface area contributed by atoms with Crippen LogP contribution in [-0.4, -0.2) is 49.4 Å². The number of esters is 1. The minimum absolute atomic E-state index is 0.272. The average molecular weight is 342 g/mol. The van der Waals surface area contributed by atoms with E-state index < -0.39 is 11.6 Å². The summed E-state index contributed by atoms with van der Waals surface area (Å²) in [5.74, 6) is -0.638. The van der Waals surface area contributed by atoms with Crippen molar-refractivity contribution in [2.45, 2.75) is 18.9 Å². The van der Waals surface area contributed by atoms with Gasteiger partial charge in [-0.05, 0) is 17.5 Å². The number of nitrogens with zero attached hydrogens (tertiary/aromatic N) is 1. The lowest BCUT2D eigenvalue weighted by atomic mass is 9.86. The molecule has 0 fully saturated rings. The molecule has 0 aromatic heterocycles. The van der Waals surface area contributed by atoms with Crippen molar-refractivity contribution in [3.63, 3.8) is 0 Å². The van der Waals surface area contributed by atoms with Crippen LogP contribution in [0.3, 0.4) is 0 Å². The minimum atomic E-state index is -1.80. The quantitative estimate of drug-likeness (QED) is 0.593. The highest BCUT2D eigenvalue weighted by Crippen LogP contribution is 2.31. The van der Waals surface area contributed by atoms with Crippen LogP contribution in [0.5, 0.6) is 0 Å². The van der Waals surface area contributed by atoms with Crippen LogP contribution < -0.4 is 0 Å². The number of ether oxygens (including phenoxy) is 1. The SMILES string of the molecule is CCC[N+](C)(C)CCOC(=O)C(O)(c1ccccc1)c1ccccc1. The number of benzene rings is 2. The first-order valence-electron chi connectivity index (χ1n) is 8.73. The maximum Gasteiger partial charge on any atom is 0.347 e. The molecule has 4 heteroatoms. The highest BCUT2D eigenvalue weighted by molar-refractivity contribution is 5.85. The van der Waals surface area contributed by atoms with Crippen molar-refractivity contribution in [3.8, 4) is 0 Å². The lowest BCUT2D eigenvalue weighted by molar-refractivity contribution is -0.890. The molecule has 0 heterocycles. The molecule has 0 bridgehead atoms. The second kappa shape index (κ2) is 8.28. The lowest BCUT2D eigenvalue weighted by Crippen LogP contribution is -2.45. The summed E-state index contributed by atoms with van der Waals surface area (Å²) in [6.07, 6.45) is 1.07. The third kappa shape index (κ3) is 4.68. The molecule has 0 spiro atoms. The molecule has 0 radical (unpaired) electrons. The van der Waals surface area contributed by atoms with Gasteiger partial charge < -0.3 is 14.3 Å². The van der Waals surface area contributed by atoms with E-state index in [-0.39, 0.29) is 6.61 Å². The van der Waals surface area contributed by atoms with Crippen molar-refractivity contribution in [1.82, 2.24) is 0 Å². The van der Waals surface area contributed by atoms with Gasteiger partial charge in [-0.2, -0.15) is 0 Å². The summed E-state index contributed by atoms with van der Waals surface area (Å²) in [5, 5.41) is 11.3. The number of hydrogen-bond donors (Lipinski definition) is 1. The normalized spacial score (nSPS) is 12.0. The summed E-state index contributed by atoms with van der Waals surface area (Å²) in [6, 6.07) is 17.9. The molecule has 2 rings (SSSR count). The Morgan fingerprint density at radius 3 is 1.88 bits per heavy atom. The molecule has 0 aliphatic carbocycles. The van der Waals surface area contributed by atoms with Crippen molar-refractivity contribution in [1.29, 1.82) is 0 Å². The van der Waals surface area contributed by atoms with Gasteiger partial charge in [0.15, 0.2) is 0 Å². The average Bonchev–Trinajstić information content (AvgIpc) is 2.62. The van der Waals surface area contributed by atoms with Crippen molar-refractivity contribution in [2.24, 2.45) is 0 Å². The zero-order chi connectivity index (χ0) is 18.3. The van der Waals surface area contributed by atoms with Crippen molar-refractivity contribution < 1.29 is 19.1 Å². The van der Waals surface area contributed by atoms with Gasteiger partial charge in [-0.25, -0.2) is 4.79 Å². The maximum absolute atomic E-state index is 12.8. The van der Waals surface area contributed by atoms with Crippen LogP contribution >= 0.6 is 0 Å². The van der Waals surface area contributed by atoms with E-state index in [4.69, 9.17) is 4.74 Å². The summed E-state index contributed by atoms with van der Waals surface area (Å²) < 4.78 is 6.27. The van der Waals surface area contributed by atoms with Gasteiger partial charge in [0.25, 0.3) is 0 Å². The Bertz CT molecular complexity index is 629. The van der Waals surface area contributed by atoms with E-state index in [0.717, 1.165) is 17.4 Å².